The maximum absolute atomic E-state index is 11.1. The van der Waals surface area contributed by atoms with Gasteiger partial charge >= 0.3 is 6.09 Å². The van der Waals surface area contributed by atoms with Crippen molar-refractivity contribution < 1.29 is 15.0 Å². The highest BCUT2D eigenvalue weighted by Crippen LogP contribution is 2.37. The third-order valence-corrected chi connectivity index (χ3v) is 5.54. The minimum absolute atomic E-state index is 0.0678. The maximum Gasteiger partial charge on any atom is 0.407 e. The fourth-order valence-corrected chi connectivity index (χ4v) is 4.02. The second kappa shape index (κ2) is 6.13. The topological polar surface area (TPSA) is 65.7 Å². The summed E-state index contributed by atoms with van der Waals surface area (Å²) in [5, 5.41) is 20.1. The van der Waals surface area contributed by atoms with E-state index in [0.717, 1.165) is 31.0 Å². The number of para-hydroxylation sites is 1. The van der Waals surface area contributed by atoms with Gasteiger partial charge in [-0.25, -0.2) is 4.79 Å². The van der Waals surface area contributed by atoms with Crippen molar-refractivity contribution in [1.82, 2.24) is 9.47 Å². The number of benzene rings is 1. The third-order valence-electron chi connectivity index (χ3n) is 5.54. The summed E-state index contributed by atoms with van der Waals surface area (Å²) in [4.78, 5) is 12.6. The van der Waals surface area contributed by atoms with E-state index in [-0.39, 0.29) is 6.61 Å². The summed E-state index contributed by atoms with van der Waals surface area (Å²) < 4.78 is 2.31. The number of nitrogens with zero attached hydrogens (tertiary/aromatic N) is 2. The molecule has 0 atom stereocenters. The molecule has 2 aliphatic rings. The minimum Gasteiger partial charge on any atom is -0.465 e. The molecule has 1 aliphatic carbocycles. The molecule has 5 heteroatoms. The van der Waals surface area contributed by atoms with E-state index in [4.69, 9.17) is 5.11 Å². The minimum atomic E-state index is -0.814. The zero-order chi connectivity index (χ0) is 16.7. The van der Waals surface area contributed by atoms with Crippen molar-refractivity contribution in [2.24, 2.45) is 5.92 Å². The van der Waals surface area contributed by atoms with Crippen molar-refractivity contribution in [1.29, 1.82) is 0 Å². The number of rotatable bonds is 4. The summed E-state index contributed by atoms with van der Waals surface area (Å²) in [7, 11) is 0. The first kappa shape index (κ1) is 15.5. The Hall–Kier alpha value is -2.01. The number of amides is 1. The fourth-order valence-electron chi connectivity index (χ4n) is 4.02. The molecule has 128 valence electrons. The molecule has 2 fully saturated rings. The van der Waals surface area contributed by atoms with Gasteiger partial charge in [0.1, 0.15) is 0 Å². The van der Waals surface area contributed by atoms with Crippen LogP contribution in [0.2, 0.25) is 0 Å². The van der Waals surface area contributed by atoms with E-state index in [1.807, 2.05) is 0 Å². The van der Waals surface area contributed by atoms with Gasteiger partial charge in [0, 0.05) is 30.7 Å². The Morgan fingerprint density at radius 2 is 1.92 bits per heavy atom. The Labute approximate surface area is 141 Å². The number of aliphatic hydroxyl groups is 1. The highest BCUT2D eigenvalue weighted by atomic mass is 16.4. The average molecular weight is 328 g/mol. The van der Waals surface area contributed by atoms with Gasteiger partial charge < -0.3 is 19.7 Å². The van der Waals surface area contributed by atoms with Crippen LogP contribution in [0, 0.1) is 5.92 Å². The molecule has 1 aromatic carbocycles. The second-order valence-electron chi connectivity index (χ2n) is 7.18. The molecule has 1 aromatic heterocycles. The lowest BCUT2D eigenvalue weighted by atomic mass is 9.88. The molecule has 0 radical (unpaired) electrons. The Morgan fingerprint density at radius 1 is 1.17 bits per heavy atom. The van der Waals surface area contributed by atoms with E-state index in [1.54, 1.807) is 0 Å². The van der Waals surface area contributed by atoms with Crippen LogP contribution in [0.25, 0.3) is 10.9 Å². The van der Waals surface area contributed by atoms with Crippen LogP contribution in [0.5, 0.6) is 0 Å². The molecule has 2 aromatic rings. The lowest BCUT2D eigenvalue weighted by Crippen LogP contribution is -2.36. The van der Waals surface area contributed by atoms with Gasteiger partial charge in [-0.1, -0.05) is 18.2 Å². The molecule has 0 bridgehead atoms. The summed E-state index contributed by atoms with van der Waals surface area (Å²) in [6.45, 7) is 2.27. The van der Waals surface area contributed by atoms with Crippen molar-refractivity contribution >= 4 is 17.0 Å². The highest BCUT2D eigenvalue weighted by molar-refractivity contribution is 5.85. The second-order valence-corrected chi connectivity index (χ2v) is 7.18. The molecule has 5 nitrogen and oxygen atoms in total. The fraction of sp³-hybridized carbons (Fsp3) is 0.526. The summed E-state index contributed by atoms with van der Waals surface area (Å²) in [6, 6.07) is 8.50. The molecule has 4 rings (SSSR count). The van der Waals surface area contributed by atoms with E-state index in [9.17, 15) is 9.90 Å². The molecule has 0 spiro atoms. The Morgan fingerprint density at radius 3 is 2.54 bits per heavy atom. The summed E-state index contributed by atoms with van der Waals surface area (Å²) >= 11 is 0. The van der Waals surface area contributed by atoms with Crippen LogP contribution in [0.3, 0.4) is 0 Å². The molecule has 1 amide bonds. The van der Waals surface area contributed by atoms with E-state index in [2.05, 4.69) is 28.8 Å². The van der Waals surface area contributed by atoms with E-state index in [0.29, 0.717) is 19.0 Å². The number of aliphatic hydroxyl groups excluding tert-OH is 1. The zero-order valence-electron chi connectivity index (χ0n) is 13.8. The van der Waals surface area contributed by atoms with E-state index < -0.39 is 6.09 Å². The first-order valence-corrected chi connectivity index (χ1v) is 8.87. The van der Waals surface area contributed by atoms with Gasteiger partial charge in [0.25, 0.3) is 0 Å². The molecule has 24 heavy (non-hydrogen) atoms. The van der Waals surface area contributed by atoms with Gasteiger partial charge in [0.2, 0.25) is 0 Å². The van der Waals surface area contributed by atoms with Crippen molar-refractivity contribution in [3.8, 4) is 0 Å². The number of hydrogen-bond acceptors (Lipinski definition) is 2. The predicted molar refractivity (Wildman–Crippen MR) is 92.2 cm³/mol. The van der Waals surface area contributed by atoms with Crippen molar-refractivity contribution in [2.75, 3.05) is 13.1 Å². The maximum atomic E-state index is 11.1. The molecular weight excluding hydrogens is 304 g/mol. The van der Waals surface area contributed by atoms with Crippen molar-refractivity contribution in [3.63, 3.8) is 0 Å². The average Bonchev–Trinajstić information content (AvgIpc) is 3.35. The van der Waals surface area contributed by atoms with Crippen molar-refractivity contribution in [2.45, 2.75) is 44.8 Å². The quantitative estimate of drug-likeness (QED) is 0.904. The van der Waals surface area contributed by atoms with Crippen LogP contribution in [0.15, 0.2) is 24.3 Å². The van der Waals surface area contributed by atoms with Crippen molar-refractivity contribution in [3.05, 3.63) is 35.5 Å². The van der Waals surface area contributed by atoms with Crippen LogP contribution >= 0.6 is 0 Å². The van der Waals surface area contributed by atoms with Crippen LogP contribution < -0.4 is 0 Å². The predicted octanol–water partition coefficient (Wildman–Crippen LogP) is 3.40. The summed E-state index contributed by atoms with van der Waals surface area (Å²) in [5.41, 5.74) is 3.56. The number of likely N-dealkylation sites (tertiary alicyclic amines) is 1. The number of hydrogen-bond donors (Lipinski definition) is 2. The van der Waals surface area contributed by atoms with Gasteiger partial charge in [-0.05, 0) is 49.1 Å². The standard InChI is InChI=1S/C19H24N2O3/c22-12-16-10-15-2-1-3-17(18(15)21(16)11-13-4-5-13)14-6-8-20(9-7-14)19(23)24/h1-3,10,13-14,22H,4-9,11-12H2,(H,23,24). The smallest absolute Gasteiger partial charge is 0.407 e. The zero-order valence-corrected chi connectivity index (χ0v) is 13.8. The lowest BCUT2D eigenvalue weighted by Gasteiger charge is -2.31. The van der Waals surface area contributed by atoms with Gasteiger partial charge in [0.05, 0.1) is 12.1 Å². The highest BCUT2D eigenvalue weighted by Gasteiger charge is 2.28. The molecule has 1 saturated heterocycles. The van der Waals surface area contributed by atoms with Crippen LogP contribution in [-0.4, -0.2) is 38.9 Å². The number of aromatic nitrogens is 1. The monoisotopic (exact) mass is 328 g/mol. The SMILES string of the molecule is O=C(O)N1CCC(c2cccc3cc(CO)n(CC4CC4)c23)CC1. The molecule has 2 N–H and O–H groups in total. The van der Waals surface area contributed by atoms with Gasteiger partial charge in [-0.2, -0.15) is 0 Å². The lowest BCUT2D eigenvalue weighted by molar-refractivity contribution is 0.132. The first-order valence-electron chi connectivity index (χ1n) is 8.87. The van der Waals surface area contributed by atoms with Gasteiger partial charge in [-0.15, -0.1) is 0 Å². The third kappa shape index (κ3) is 2.77. The normalized spacial score (nSPS) is 19.1. The molecule has 0 unspecified atom stereocenters. The molecule has 1 saturated carbocycles. The van der Waals surface area contributed by atoms with E-state index in [1.165, 1.54) is 34.2 Å². The Bertz CT molecular complexity index is 755. The molecule has 2 heterocycles. The number of piperidine rings is 1. The largest absolute Gasteiger partial charge is 0.465 e. The molecule has 1 aliphatic heterocycles. The number of fused-ring (bicyclic) bond motifs is 1. The van der Waals surface area contributed by atoms with E-state index >= 15 is 0 Å². The van der Waals surface area contributed by atoms with Crippen LogP contribution in [0.1, 0.15) is 42.9 Å². The van der Waals surface area contributed by atoms with Crippen LogP contribution in [-0.2, 0) is 13.2 Å². The van der Waals surface area contributed by atoms with Gasteiger partial charge in [-0.3, -0.25) is 0 Å². The number of carbonyl (C=O) groups is 1. The summed E-state index contributed by atoms with van der Waals surface area (Å²) in [5.74, 6) is 1.14. The molecular formula is C19H24N2O3. The Balaban J connectivity index is 1.70. The summed E-state index contributed by atoms with van der Waals surface area (Å²) in [6.07, 6.45) is 3.49. The van der Waals surface area contributed by atoms with Gasteiger partial charge in [0.15, 0.2) is 0 Å². The van der Waals surface area contributed by atoms with Crippen LogP contribution in [0.4, 0.5) is 4.79 Å². The first-order chi connectivity index (χ1) is 11.7. The number of carboxylic acid groups (broad SMARTS) is 1. The Kier molecular flexibility index (Phi) is 3.96.